The molecule has 1 amide bonds. The van der Waals surface area contributed by atoms with Crippen molar-refractivity contribution in [3.8, 4) is 11.5 Å². The number of rotatable bonds is 8. The molecule has 4 aromatic rings. The molecule has 0 aliphatic heterocycles. The summed E-state index contributed by atoms with van der Waals surface area (Å²) in [6, 6.07) is 15.2. The summed E-state index contributed by atoms with van der Waals surface area (Å²) in [6.45, 7) is 0.0929. The van der Waals surface area contributed by atoms with Gasteiger partial charge >= 0.3 is 0 Å². The fourth-order valence-corrected chi connectivity index (χ4v) is 4.42. The monoisotopic (exact) mass is 513 g/mol. The van der Waals surface area contributed by atoms with E-state index in [1.165, 1.54) is 48.9 Å². The van der Waals surface area contributed by atoms with Crippen LogP contribution in [0.1, 0.15) is 20.8 Å². The number of hydrazone groups is 1. The Morgan fingerprint density at radius 3 is 2.80 bits per heavy atom. The maximum absolute atomic E-state index is 13.4. The van der Waals surface area contributed by atoms with Crippen LogP contribution in [-0.2, 0) is 6.61 Å². The molecule has 0 saturated carbocycles. The van der Waals surface area contributed by atoms with Gasteiger partial charge in [0.25, 0.3) is 11.6 Å². The largest absolute Gasteiger partial charge is 0.493 e. The Bertz CT molecular complexity index is 1460. The molecule has 0 unspecified atom stereocenters. The summed E-state index contributed by atoms with van der Waals surface area (Å²) in [7, 11) is 1.45. The first-order chi connectivity index (χ1) is 16.8. The van der Waals surface area contributed by atoms with Crippen LogP contribution in [0, 0.1) is 15.9 Å². The van der Waals surface area contributed by atoms with E-state index in [2.05, 4.69) is 10.5 Å². The van der Waals surface area contributed by atoms with Crippen molar-refractivity contribution in [3.63, 3.8) is 0 Å². The third-order valence-electron chi connectivity index (χ3n) is 4.84. The SMILES string of the molecule is COc1cc(/C=N\NC(=O)c2cc3cc([N+](=O)[O-])ccc3s2)cc(Cl)c1OCc1cccc(F)c1. The lowest BCUT2D eigenvalue weighted by Gasteiger charge is -2.13. The zero-order valence-corrected chi connectivity index (χ0v) is 19.7. The van der Waals surface area contributed by atoms with Crippen molar-refractivity contribution in [2.75, 3.05) is 7.11 Å². The number of thiophene rings is 1. The van der Waals surface area contributed by atoms with Crippen LogP contribution in [0.5, 0.6) is 11.5 Å². The molecular formula is C24H17ClFN3O5S. The quantitative estimate of drug-likeness (QED) is 0.178. The lowest BCUT2D eigenvalue weighted by atomic mass is 10.2. The van der Waals surface area contributed by atoms with Gasteiger partial charge in [0.1, 0.15) is 12.4 Å². The van der Waals surface area contributed by atoms with Crippen LogP contribution < -0.4 is 14.9 Å². The lowest BCUT2D eigenvalue weighted by Crippen LogP contribution is -2.16. The number of carbonyl (C=O) groups excluding carboxylic acids is 1. The number of benzene rings is 3. The van der Waals surface area contributed by atoms with Crippen molar-refractivity contribution >= 4 is 50.8 Å². The Balaban J connectivity index is 1.44. The molecule has 11 heteroatoms. The number of fused-ring (bicyclic) bond motifs is 1. The van der Waals surface area contributed by atoms with Crippen LogP contribution in [0.2, 0.25) is 5.02 Å². The fourth-order valence-electron chi connectivity index (χ4n) is 3.21. The highest BCUT2D eigenvalue weighted by Gasteiger charge is 2.14. The molecule has 0 spiro atoms. The Morgan fingerprint density at radius 1 is 1.23 bits per heavy atom. The van der Waals surface area contributed by atoms with Crippen LogP contribution in [0.4, 0.5) is 10.1 Å². The van der Waals surface area contributed by atoms with Crippen LogP contribution in [0.15, 0.2) is 65.8 Å². The summed E-state index contributed by atoms with van der Waals surface area (Å²) in [5.41, 5.74) is 3.55. The van der Waals surface area contributed by atoms with Gasteiger partial charge in [0.2, 0.25) is 0 Å². The van der Waals surface area contributed by atoms with Crippen molar-refractivity contribution in [1.29, 1.82) is 0 Å². The van der Waals surface area contributed by atoms with Crippen LogP contribution in [0.25, 0.3) is 10.1 Å². The number of non-ortho nitro benzene ring substituents is 1. The van der Waals surface area contributed by atoms with Crippen LogP contribution >= 0.6 is 22.9 Å². The zero-order chi connectivity index (χ0) is 24.9. The van der Waals surface area contributed by atoms with E-state index >= 15 is 0 Å². The number of carbonyl (C=O) groups is 1. The molecule has 0 bridgehead atoms. The number of hydrogen-bond donors (Lipinski definition) is 1. The minimum atomic E-state index is -0.488. The second-order valence-corrected chi connectivity index (χ2v) is 8.73. The highest BCUT2D eigenvalue weighted by Crippen LogP contribution is 2.36. The summed E-state index contributed by atoms with van der Waals surface area (Å²) in [5, 5.41) is 15.7. The molecule has 1 aromatic heterocycles. The number of nitrogens with one attached hydrogen (secondary N) is 1. The first kappa shape index (κ1) is 24.1. The van der Waals surface area contributed by atoms with E-state index in [1.807, 2.05) is 0 Å². The second kappa shape index (κ2) is 10.5. The van der Waals surface area contributed by atoms with Crippen molar-refractivity contribution in [3.05, 3.63) is 97.6 Å². The number of amides is 1. The van der Waals surface area contributed by atoms with Crippen LogP contribution in [-0.4, -0.2) is 24.2 Å². The third kappa shape index (κ3) is 5.73. The molecule has 0 fully saturated rings. The van der Waals surface area contributed by atoms with Gasteiger partial charge < -0.3 is 9.47 Å². The van der Waals surface area contributed by atoms with Gasteiger partial charge in [-0.3, -0.25) is 14.9 Å². The molecule has 0 atom stereocenters. The molecule has 0 radical (unpaired) electrons. The maximum Gasteiger partial charge on any atom is 0.281 e. The van der Waals surface area contributed by atoms with E-state index in [1.54, 1.807) is 36.4 Å². The number of halogens is 2. The summed E-state index contributed by atoms with van der Waals surface area (Å²) in [4.78, 5) is 23.3. The van der Waals surface area contributed by atoms with E-state index in [0.717, 1.165) is 4.70 Å². The Labute approximate surface area is 207 Å². The smallest absolute Gasteiger partial charge is 0.281 e. The molecule has 1 N–H and O–H groups in total. The second-order valence-electron chi connectivity index (χ2n) is 7.24. The molecule has 178 valence electrons. The fraction of sp³-hybridized carbons (Fsp3) is 0.0833. The molecule has 0 aliphatic carbocycles. The summed E-state index contributed by atoms with van der Waals surface area (Å²) < 4.78 is 25.2. The summed E-state index contributed by atoms with van der Waals surface area (Å²) in [5.74, 6) is -0.195. The zero-order valence-electron chi connectivity index (χ0n) is 18.2. The molecule has 0 saturated heterocycles. The van der Waals surface area contributed by atoms with Gasteiger partial charge in [0, 0.05) is 22.2 Å². The predicted octanol–water partition coefficient (Wildman–Crippen LogP) is 5.95. The number of hydrogen-bond acceptors (Lipinski definition) is 7. The third-order valence-corrected chi connectivity index (χ3v) is 6.23. The van der Waals surface area contributed by atoms with Crippen molar-refractivity contribution in [2.24, 2.45) is 5.10 Å². The van der Waals surface area contributed by atoms with E-state index in [9.17, 15) is 19.3 Å². The standard InChI is InChI=1S/C24H17ClFN3O5S/c1-33-20-9-15(8-19(25)23(20)34-13-14-3-2-4-17(26)7-14)12-27-28-24(30)22-11-16-10-18(29(31)32)5-6-21(16)35-22/h2-12H,13H2,1H3,(H,28,30)/b27-12-. The Kier molecular flexibility index (Phi) is 7.23. The van der Waals surface area contributed by atoms with Gasteiger partial charge in [-0.2, -0.15) is 5.10 Å². The molecule has 4 rings (SSSR count). The van der Waals surface area contributed by atoms with Crippen molar-refractivity contribution in [2.45, 2.75) is 6.61 Å². The van der Waals surface area contributed by atoms with E-state index in [0.29, 0.717) is 32.9 Å². The van der Waals surface area contributed by atoms with Crippen LogP contribution in [0.3, 0.4) is 0 Å². The van der Waals surface area contributed by atoms with Crippen molar-refractivity contribution < 1.29 is 23.6 Å². The number of ether oxygens (including phenoxy) is 2. The average molecular weight is 514 g/mol. The van der Waals surface area contributed by atoms with E-state index < -0.39 is 10.8 Å². The highest BCUT2D eigenvalue weighted by molar-refractivity contribution is 7.20. The number of nitro groups is 1. The summed E-state index contributed by atoms with van der Waals surface area (Å²) in [6.07, 6.45) is 1.39. The van der Waals surface area contributed by atoms with Gasteiger partial charge in [-0.1, -0.05) is 23.7 Å². The minimum absolute atomic E-state index is 0.0468. The molecule has 1 heterocycles. The minimum Gasteiger partial charge on any atom is -0.493 e. The van der Waals surface area contributed by atoms with Gasteiger partial charge in [-0.25, -0.2) is 9.82 Å². The highest BCUT2D eigenvalue weighted by atomic mass is 35.5. The molecule has 0 aliphatic rings. The Hall–Kier alpha value is -4.02. The van der Waals surface area contributed by atoms with Gasteiger partial charge in [0.05, 0.1) is 28.1 Å². The number of nitrogens with zero attached hydrogens (tertiary/aromatic N) is 2. The Morgan fingerprint density at radius 2 is 2.06 bits per heavy atom. The molecule has 8 nitrogen and oxygen atoms in total. The topological polar surface area (TPSA) is 103 Å². The van der Waals surface area contributed by atoms with Gasteiger partial charge in [0.15, 0.2) is 11.5 Å². The number of methoxy groups -OCH3 is 1. The van der Waals surface area contributed by atoms with E-state index in [-0.39, 0.29) is 23.1 Å². The first-order valence-electron chi connectivity index (χ1n) is 10.1. The van der Waals surface area contributed by atoms with Gasteiger partial charge in [-0.15, -0.1) is 11.3 Å². The van der Waals surface area contributed by atoms with Crippen molar-refractivity contribution in [1.82, 2.24) is 5.43 Å². The average Bonchev–Trinajstić information content (AvgIpc) is 3.26. The predicted molar refractivity (Wildman–Crippen MR) is 132 cm³/mol. The maximum atomic E-state index is 13.4. The first-order valence-corrected chi connectivity index (χ1v) is 11.3. The van der Waals surface area contributed by atoms with E-state index in [4.69, 9.17) is 21.1 Å². The summed E-state index contributed by atoms with van der Waals surface area (Å²) >= 11 is 7.55. The molecule has 3 aromatic carbocycles. The number of nitro benzene ring substituents is 1. The normalized spacial score (nSPS) is 11.1. The molecular weight excluding hydrogens is 497 g/mol. The molecule has 35 heavy (non-hydrogen) atoms. The lowest BCUT2D eigenvalue weighted by molar-refractivity contribution is -0.384. The van der Waals surface area contributed by atoms with Gasteiger partial charge in [-0.05, 0) is 47.5 Å².